The van der Waals surface area contributed by atoms with Gasteiger partial charge < -0.3 is 0 Å². The predicted octanol–water partition coefficient (Wildman–Crippen LogP) is 5.30. The fourth-order valence-corrected chi connectivity index (χ4v) is 3.43. The van der Waals surface area contributed by atoms with Crippen LogP contribution in [-0.2, 0) is 0 Å². The Balaban J connectivity index is 2.47. The molecule has 1 aromatic heterocycles. The zero-order valence-electron chi connectivity index (χ0n) is 8.14. The molecule has 1 heterocycles. The van der Waals surface area contributed by atoms with Crippen LogP contribution >= 0.6 is 54.8 Å². The Hall–Kier alpha value is -0.230. The zero-order valence-corrected chi connectivity index (χ0v) is 12.9. The van der Waals surface area contributed by atoms with Crippen molar-refractivity contribution in [3.8, 4) is 0 Å². The Morgan fingerprint density at radius 1 is 1.35 bits per heavy atom. The van der Waals surface area contributed by atoms with E-state index in [0.717, 1.165) is 8.26 Å². The highest BCUT2D eigenvalue weighted by molar-refractivity contribution is 9.13. The maximum Gasteiger partial charge on any atom is 0.206 e. The Bertz CT molecular complexity index is 578. The third-order valence-electron chi connectivity index (χ3n) is 2.07. The average Bonchev–Trinajstić information content (AvgIpc) is 2.62. The van der Waals surface area contributed by atoms with Crippen molar-refractivity contribution in [2.24, 2.45) is 0 Å². The number of hydrogen-bond acceptors (Lipinski definition) is 2. The van der Waals surface area contributed by atoms with Crippen molar-refractivity contribution in [1.29, 1.82) is 0 Å². The average molecular weight is 398 g/mol. The van der Waals surface area contributed by atoms with Crippen LogP contribution in [0, 0.1) is 5.82 Å². The molecule has 0 amide bonds. The molecule has 0 N–H and O–H groups in total. The quantitative estimate of drug-likeness (QED) is 0.628. The molecule has 0 aliphatic carbocycles. The van der Waals surface area contributed by atoms with Gasteiger partial charge in [-0.2, -0.15) is 0 Å². The molecular formula is C11H4Br2ClFOS. The minimum Gasteiger partial charge on any atom is -0.288 e. The topological polar surface area (TPSA) is 17.1 Å². The van der Waals surface area contributed by atoms with E-state index in [-0.39, 0.29) is 16.4 Å². The first-order valence-electron chi connectivity index (χ1n) is 4.44. The lowest BCUT2D eigenvalue weighted by molar-refractivity contribution is 0.103. The third kappa shape index (κ3) is 2.62. The fraction of sp³-hybridized carbons (Fsp3) is 0. The Morgan fingerprint density at radius 3 is 2.65 bits per heavy atom. The summed E-state index contributed by atoms with van der Waals surface area (Å²) in [4.78, 5) is 12.5. The molecule has 0 saturated carbocycles. The lowest BCUT2D eigenvalue weighted by atomic mass is 10.1. The van der Waals surface area contributed by atoms with Crippen LogP contribution in [0.15, 0.2) is 32.5 Å². The standard InChI is InChI=1S/C11H4Br2ClFOS/c12-6-4-8(17-11(6)13)10(16)5-2-1-3-7(14)9(5)15/h1-4H. The molecule has 0 bridgehead atoms. The van der Waals surface area contributed by atoms with E-state index in [1.165, 1.54) is 23.5 Å². The SMILES string of the molecule is O=C(c1cc(Br)c(Br)s1)c1cccc(Cl)c1F. The maximum absolute atomic E-state index is 13.7. The van der Waals surface area contributed by atoms with Gasteiger partial charge in [-0.25, -0.2) is 4.39 Å². The van der Waals surface area contributed by atoms with Crippen LogP contribution in [0.25, 0.3) is 0 Å². The van der Waals surface area contributed by atoms with Crippen molar-refractivity contribution in [2.75, 3.05) is 0 Å². The molecule has 2 rings (SSSR count). The van der Waals surface area contributed by atoms with E-state index in [4.69, 9.17) is 11.6 Å². The van der Waals surface area contributed by atoms with Crippen LogP contribution in [-0.4, -0.2) is 5.78 Å². The van der Waals surface area contributed by atoms with E-state index < -0.39 is 5.82 Å². The van der Waals surface area contributed by atoms with Crippen molar-refractivity contribution < 1.29 is 9.18 Å². The number of carbonyl (C=O) groups excluding carboxylic acids is 1. The van der Waals surface area contributed by atoms with Crippen LogP contribution in [0.1, 0.15) is 15.2 Å². The molecule has 2 aromatic rings. The van der Waals surface area contributed by atoms with Crippen molar-refractivity contribution in [1.82, 2.24) is 0 Å². The molecule has 0 spiro atoms. The molecule has 0 atom stereocenters. The van der Waals surface area contributed by atoms with Gasteiger partial charge in [0.25, 0.3) is 0 Å². The summed E-state index contributed by atoms with van der Waals surface area (Å²) in [6.07, 6.45) is 0. The van der Waals surface area contributed by atoms with E-state index >= 15 is 0 Å². The zero-order chi connectivity index (χ0) is 12.6. The summed E-state index contributed by atoms with van der Waals surface area (Å²) < 4.78 is 15.2. The van der Waals surface area contributed by atoms with Gasteiger partial charge >= 0.3 is 0 Å². The molecule has 1 nitrogen and oxygen atoms in total. The summed E-state index contributed by atoms with van der Waals surface area (Å²) in [5, 5.41) is -0.0504. The van der Waals surface area contributed by atoms with Crippen LogP contribution in [0.4, 0.5) is 4.39 Å². The molecule has 0 fully saturated rings. The second-order valence-electron chi connectivity index (χ2n) is 3.16. The second-order valence-corrected chi connectivity index (χ2v) is 6.79. The smallest absolute Gasteiger partial charge is 0.206 e. The fourth-order valence-electron chi connectivity index (χ4n) is 1.27. The minimum atomic E-state index is -0.681. The highest BCUT2D eigenvalue weighted by Gasteiger charge is 2.18. The third-order valence-corrected chi connectivity index (χ3v) is 5.61. The van der Waals surface area contributed by atoms with Gasteiger partial charge in [0.15, 0.2) is 5.82 Å². The van der Waals surface area contributed by atoms with Crippen LogP contribution in [0.2, 0.25) is 5.02 Å². The van der Waals surface area contributed by atoms with E-state index in [1.807, 2.05) is 0 Å². The van der Waals surface area contributed by atoms with Gasteiger partial charge in [0.05, 0.1) is 19.2 Å². The number of ketones is 1. The van der Waals surface area contributed by atoms with Crippen molar-refractivity contribution in [3.63, 3.8) is 0 Å². The summed E-state index contributed by atoms with van der Waals surface area (Å²) in [5.41, 5.74) is -0.0150. The molecule has 0 aliphatic heterocycles. The molecule has 88 valence electrons. The van der Waals surface area contributed by atoms with E-state index in [1.54, 1.807) is 12.1 Å². The van der Waals surface area contributed by atoms with Gasteiger partial charge in [0.2, 0.25) is 5.78 Å². The first kappa shape index (κ1) is 13.2. The Labute approximate surface area is 123 Å². The minimum absolute atomic E-state index is 0.0150. The molecule has 0 saturated heterocycles. The lowest BCUT2D eigenvalue weighted by Gasteiger charge is -2.01. The number of carbonyl (C=O) groups is 1. The van der Waals surface area contributed by atoms with Crippen molar-refractivity contribution in [2.45, 2.75) is 0 Å². The summed E-state index contributed by atoms with van der Waals surface area (Å²) in [5.74, 6) is -1.05. The first-order valence-corrected chi connectivity index (χ1v) is 7.22. The van der Waals surface area contributed by atoms with E-state index in [2.05, 4.69) is 31.9 Å². The van der Waals surface area contributed by atoms with Crippen molar-refractivity contribution >= 4 is 60.6 Å². The Kier molecular flexibility index (Phi) is 4.02. The van der Waals surface area contributed by atoms with Gasteiger partial charge in [0.1, 0.15) is 0 Å². The largest absolute Gasteiger partial charge is 0.288 e. The van der Waals surface area contributed by atoms with Crippen LogP contribution in [0.3, 0.4) is 0 Å². The molecule has 1 aromatic carbocycles. The summed E-state index contributed by atoms with van der Waals surface area (Å²) in [6, 6.07) is 6.03. The lowest BCUT2D eigenvalue weighted by Crippen LogP contribution is -2.02. The monoisotopic (exact) mass is 396 g/mol. The number of halogens is 4. The highest BCUT2D eigenvalue weighted by atomic mass is 79.9. The van der Waals surface area contributed by atoms with Gasteiger partial charge in [-0.15, -0.1) is 11.3 Å². The number of hydrogen-bond donors (Lipinski definition) is 0. The first-order chi connectivity index (χ1) is 8.00. The Morgan fingerprint density at radius 2 is 2.06 bits per heavy atom. The van der Waals surface area contributed by atoms with Gasteiger partial charge in [-0.1, -0.05) is 17.7 Å². The van der Waals surface area contributed by atoms with Crippen LogP contribution < -0.4 is 0 Å². The number of benzene rings is 1. The summed E-state index contributed by atoms with van der Waals surface area (Å²) >= 11 is 13.5. The summed E-state index contributed by atoms with van der Waals surface area (Å²) in [7, 11) is 0. The molecule has 6 heteroatoms. The predicted molar refractivity (Wildman–Crippen MR) is 74.6 cm³/mol. The molecule has 17 heavy (non-hydrogen) atoms. The van der Waals surface area contributed by atoms with Gasteiger partial charge in [-0.3, -0.25) is 4.79 Å². The van der Waals surface area contributed by atoms with Gasteiger partial charge in [0, 0.05) is 4.47 Å². The second kappa shape index (κ2) is 5.18. The number of rotatable bonds is 2. The maximum atomic E-state index is 13.7. The molecular weight excluding hydrogens is 394 g/mol. The van der Waals surface area contributed by atoms with Crippen molar-refractivity contribution in [3.05, 3.63) is 53.8 Å². The van der Waals surface area contributed by atoms with E-state index in [0.29, 0.717) is 4.88 Å². The molecule has 0 aliphatic rings. The normalized spacial score (nSPS) is 10.6. The van der Waals surface area contributed by atoms with Crippen LogP contribution in [0.5, 0.6) is 0 Å². The highest BCUT2D eigenvalue weighted by Crippen LogP contribution is 2.34. The molecule has 0 radical (unpaired) electrons. The van der Waals surface area contributed by atoms with Gasteiger partial charge in [-0.05, 0) is 50.1 Å². The number of thiophene rings is 1. The molecule has 0 unspecified atom stereocenters. The van der Waals surface area contributed by atoms with E-state index in [9.17, 15) is 9.18 Å². The summed E-state index contributed by atoms with van der Waals surface area (Å²) in [6.45, 7) is 0.